The molecule has 1 amide bonds. The van der Waals surface area contributed by atoms with Crippen LogP contribution in [0.1, 0.15) is 36.1 Å². The third kappa shape index (κ3) is 3.93. The maximum atomic E-state index is 12.6. The van der Waals surface area contributed by atoms with Crippen molar-refractivity contribution in [2.24, 2.45) is 0 Å². The van der Waals surface area contributed by atoms with Crippen molar-refractivity contribution in [3.05, 3.63) is 64.7 Å². The highest BCUT2D eigenvalue weighted by Crippen LogP contribution is 2.41. The van der Waals surface area contributed by atoms with E-state index in [-0.39, 0.29) is 5.91 Å². The third-order valence-electron chi connectivity index (χ3n) is 5.88. The lowest BCUT2D eigenvalue weighted by molar-refractivity contribution is -0.110. The van der Waals surface area contributed by atoms with Crippen molar-refractivity contribution in [3.8, 4) is 0 Å². The highest BCUT2D eigenvalue weighted by Gasteiger charge is 2.32. The van der Waals surface area contributed by atoms with E-state index in [0.717, 1.165) is 55.1 Å². The number of benzene rings is 2. The van der Waals surface area contributed by atoms with E-state index in [9.17, 15) is 4.79 Å². The smallest absolute Gasteiger partial charge is 0.260 e. The number of nitrogens with one attached hydrogen (secondary N) is 1. The Labute approximate surface area is 173 Å². The van der Waals surface area contributed by atoms with Gasteiger partial charge in [0, 0.05) is 42.0 Å². The van der Waals surface area contributed by atoms with Crippen molar-refractivity contribution in [2.75, 3.05) is 38.5 Å². The van der Waals surface area contributed by atoms with Gasteiger partial charge < -0.3 is 15.0 Å². The second kappa shape index (κ2) is 8.39. The van der Waals surface area contributed by atoms with Gasteiger partial charge in [0.2, 0.25) is 0 Å². The zero-order valence-corrected chi connectivity index (χ0v) is 17.5. The summed E-state index contributed by atoms with van der Waals surface area (Å²) in [7, 11) is 2.16. The molecule has 29 heavy (non-hydrogen) atoms. The molecule has 2 aliphatic rings. The first-order valence-electron chi connectivity index (χ1n) is 10.4. The van der Waals surface area contributed by atoms with Gasteiger partial charge in [-0.25, -0.2) is 0 Å². The van der Waals surface area contributed by atoms with Gasteiger partial charge in [-0.15, -0.1) is 0 Å². The summed E-state index contributed by atoms with van der Waals surface area (Å²) in [6.45, 7) is 10.1. The molecule has 0 aliphatic carbocycles. The topological polar surface area (TPSA) is 44.8 Å². The summed E-state index contributed by atoms with van der Waals surface area (Å²) in [6, 6.07) is 14.3. The Bertz CT molecular complexity index is 951. The van der Waals surface area contributed by atoms with Crippen LogP contribution in [0, 0.1) is 0 Å². The molecule has 5 nitrogen and oxygen atoms in total. The molecule has 0 radical (unpaired) electrons. The minimum absolute atomic E-state index is 0.0877. The van der Waals surface area contributed by atoms with Crippen LogP contribution in [0.25, 0.3) is 11.3 Å². The number of fused-ring (bicyclic) bond motifs is 2. The molecule has 4 rings (SSSR count). The van der Waals surface area contributed by atoms with Gasteiger partial charge in [-0.2, -0.15) is 0 Å². The van der Waals surface area contributed by atoms with Crippen molar-refractivity contribution in [1.29, 1.82) is 0 Å². The normalized spacial score (nSPS) is 17.5. The quantitative estimate of drug-likeness (QED) is 0.729. The Morgan fingerprint density at radius 3 is 2.66 bits per heavy atom. The molecule has 5 heteroatoms. The third-order valence-corrected chi connectivity index (χ3v) is 5.88. The molecule has 0 bridgehead atoms. The van der Waals surface area contributed by atoms with E-state index in [4.69, 9.17) is 4.74 Å². The van der Waals surface area contributed by atoms with Gasteiger partial charge in [0.1, 0.15) is 12.4 Å². The van der Waals surface area contributed by atoms with Gasteiger partial charge in [-0.1, -0.05) is 50.2 Å². The first kappa shape index (κ1) is 19.7. The first-order valence-corrected chi connectivity index (χ1v) is 10.4. The van der Waals surface area contributed by atoms with E-state index in [1.165, 1.54) is 5.56 Å². The van der Waals surface area contributed by atoms with Gasteiger partial charge in [0.05, 0.1) is 5.57 Å². The van der Waals surface area contributed by atoms with Gasteiger partial charge >= 0.3 is 0 Å². The van der Waals surface area contributed by atoms with Crippen LogP contribution in [0.4, 0.5) is 5.69 Å². The highest BCUT2D eigenvalue weighted by molar-refractivity contribution is 6.36. The average molecular weight is 392 g/mol. The van der Waals surface area contributed by atoms with E-state index in [1.807, 2.05) is 24.3 Å². The Balaban J connectivity index is 1.56. The Morgan fingerprint density at radius 2 is 1.86 bits per heavy atom. The lowest BCUT2D eigenvalue weighted by Gasteiger charge is -2.23. The fourth-order valence-electron chi connectivity index (χ4n) is 3.94. The van der Waals surface area contributed by atoms with Gasteiger partial charge in [0.25, 0.3) is 5.91 Å². The summed E-state index contributed by atoms with van der Waals surface area (Å²) in [5.41, 5.74) is 5.89. The molecular formula is C24H29N3O2. The van der Waals surface area contributed by atoms with Gasteiger partial charge in [0.15, 0.2) is 0 Å². The van der Waals surface area contributed by atoms with E-state index >= 15 is 0 Å². The number of carbonyl (C=O) groups is 1. The largest absolute Gasteiger partial charge is 0.487 e. The predicted octanol–water partition coefficient (Wildman–Crippen LogP) is 3.81. The number of nitrogens with zero attached hydrogens (tertiary/aromatic N) is 2. The molecule has 2 aliphatic heterocycles. The second-order valence-electron chi connectivity index (χ2n) is 7.75. The Kier molecular flexibility index (Phi) is 5.69. The van der Waals surface area contributed by atoms with Crippen molar-refractivity contribution in [1.82, 2.24) is 9.80 Å². The minimum Gasteiger partial charge on any atom is -0.487 e. The first-order chi connectivity index (χ1) is 14.1. The monoisotopic (exact) mass is 391 g/mol. The molecule has 1 N–H and O–H groups in total. The predicted molar refractivity (Wildman–Crippen MR) is 117 cm³/mol. The maximum absolute atomic E-state index is 12.6. The van der Waals surface area contributed by atoms with Gasteiger partial charge in [-0.05, 0) is 31.8 Å². The van der Waals surface area contributed by atoms with Crippen LogP contribution in [0.5, 0.6) is 0 Å². The number of anilines is 1. The summed E-state index contributed by atoms with van der Waals surface area (Å²) in [4.78, 5) is 17.4. The Hall–Kier alpha value is -2.63. The number of hydrogen-bond acceptors (Lipinski definition) is 4. The number of para-hydroxylation sites is 1. The average Bonchev–Trinajstić information content (AvgIpc) is 3.29. The van der Waals surface area contributed by atoms with Crippen LogP contribution in [0.15, 0.2) is 42.5 Å². The maximum Gasteiger partial charge on any atom is 0.260 e. The van der Waals surface area contributed by atoms with Crippen LogP contribution in [-0.4, -0.2) is 48.9 Å². The molecule has 152 valence electrons. The van der Waals surface area contributed by atoms with E-state index < -0.39 is 0 Å². The van der Waals surface area contributed by atoms with Crippen molar-refractivity contribution in [2.45, 2.75) is 27.0 Å². The molecule has 0 saturated heterocycles. The molecule has 0 saturated carbocycles. The van der Waals surface area contributed by atoms with Crippen molar-refractivity contribution >= 4 is 22.9 Å². The fraction of sp³-hybridized carbons (Fsp3) is 0.375. The molecule has 0 unspecified atom stereocenters. The Morgan fingerprint density at radius 1 is 1.03 bits per heavy atom. The molecule has 0 fully saturated rings. The van der Waals surface area contributed by atoms with E-state index in [1.54, 1.807) is 0 Å². The molecule has 0 aromatic heterocycles. The SMILES string of the molecule is CCN(C)CCN(CC)Cc1ccc2c(c1)COC2=C1C(=O)Nc2ccccc21. The van der Waals surface area contributed by atoms with Crippen LogP contribution in [0.3, 0.4) is 0 Å². The zero-order chi connectivity index (χ0) is 20.4. The lowest BCUT2D eigenvalue weighted by atomic mass is 9.99. The number of likely N-dealkylation sites (N-methyl/N-ethyl adjacent to an activating group) is 2. The van der Waals surface area contributed by atoms with Crippen molar-refractivity contribution < 1.29 is 9.53 Å². The van der Waals surface area contributed by atoms with E-state index in [0.29, 0.717) is 17.9 Å². The summed E-state index contributed by atoms with van der Waals surface area (Å²) >= 11 is 0. The molecule has 2 heterocycles. The standard InChI is InChI=1S/C24H29N3O2/c1-4-26(3)12-13-27(5-2)15-17-10-11-19-18(14-17)16-29-23(19)22-20-8-6-7-9-21(20)25-24(22)28/h6-11,14H,4-5,12-13,15-16H2,1-3H3,(H,25,28). The zero-order valence-electron chi connectivity index (χ0n) is 17.5. The summed E-state index contributed by atoms with van der Waals surface area (Å²) in [5.74, 6) is 0.612. The number of carbonyl (C=O) groups excluding carboxylic acids is 1. The van der Waals surface area contributed by atoms with Crippen molar-refractivity contribution in [3.63, 3.8) is 0 Å². The summed E-state index contributed by atoms with van der Waals surface area (Å²) in [6.07, 6.45) is 0. The molecule has 0 spiro atoms. The molecule has 0 atom stereocenters. The number of rotatable bonds is 7. The minimum atomic E-state index is -0.0877. The van der Waals surface area contributed by atoms with E-state index in [2.05, 4.69) is 54.2 Å². The number of ether oxygens (including phenoxy) is 1. The van der Waals surface area contributed by atoms with Crippen LogP contribution in [-0.2, 0) is 22.7 Å². The van der Waals surface area contributed by atoms with Crippen LogP contribution < -0.4 is 5.32 Å². The lowest BCUT2D eigenvalue weighted by Crippen LogP contribution is -2.32. The summed E-state index contributed by atoms with van der Waals surface area (Å²) in [5, 5.41) is 2.94. The highest BCUT2D eigenvalue weighted by atomic mass is 16.5. The number of amides is 1. The molecule has 2 aromatic carbocycles. The molecular weight excluding hydrogens is 362 g/mol. The van der Waals surface area contributed by atoms with Gasteiger partial charge in [-0.3, -0.25) is 9.69 Å². The molecule has 2 aromatic rings. The second-order valence-corrected chi connectivity index (χ2v) is 7.75. The van der Waals surface area contributed by atoms with Crippen LogP contribution in [0.2, 0.25) is 0 Å². The number of hydrogen-bond donors (Lipinski definition) is 1. The van der Waals surface area contributed by atoms with Crippen LogP contribution >= 0.6 is 0 Å². The fourth-order valence-corrected chi connectivity index (χ4v) is 3.94. The summed E-state index contributed by atoms with van der Waals surface area (Å²) < 4.78 is 6.01.